The Balaban J connectivity index is 2.06. The molecule has 0 aliphatic heterocycles. The zero-order chi connectivity index (χ0) is 12.5. The maximum Gasteiger partial charge on any atom is 0.240 e. The minimum absolute atomic E-state index is 0.297. The van der Waals surface area contributed by atoms with Crippen LogP contribution in [0.4, 0.5) is 0 Å². The molecule has 0 heterocycles. The molecule has 94 valence electrons. The summed E-state index contributed by atoms with van der Waals surface area (Å²) in [5, 5.41) is 0. The molecule has 2 rings (SSSR count). The lowest BCUT2D eigenvalue weighted by Crippen LogP contribution is -2.54. The molecule has 0 radical (unpaired) electrons. The van der Waals surface area contributed by atoms with E-state index in [1.165, 1.54) is 0 Å². The third-order valence-electron chi connectivity index (χ3n) is 3.29. The van der Waals surface area contributed by atoms with Crippen LogP contribution in [-0.4, -0.2) is 20.5 Å². The fraction of sp³-hybridized carbons (Fsp3) is 0.500. The Morgan fingerprint density at radius 1 is 1.29 bits per heavy atom. The van der Waals surface area contributed by atoms with Gasteiger partial charge in [-0.1, -0.05) is 17.7 Å². The number of hydrogen-bond donors (Lipinski definition) is 2. The second-order valence-corrected chi connectivity index (χ2v) is 6.62. The average Bonchev–Trinajstić information content (AvgIpc) is 2.24. The van der Waals surface area contributed by atoms with E-state index < -0.39 is 10.0 Å². The van der Waals surface area contributed by atoms with Crippen LogP contribution in [0.15, 0.2) is 29.2 Å². The number of nitrogens with two attached hydrogens (primary N) is 1. The van der Waals surface area contributed by atoms with E-state index in [9.17, 15) is 8.42 Å². The van der Waals surface area contributed by atoms with Gasteiger partial charge in [-0.05, 0) is 38.3 Å². The summed E-state index contributed by atoms with van der Waals surface area (Å²) in [5.74, 6) is 0. The topological polar surface area (TPSA) is 72.2 Å². The number of nitrogens with one attached hydrogen (secondary N) is 1. The number of rotatable bonds is 4. The molecule has 1 saturated carbocycles. The minimum Gasteiger partial charge on any atom is -0.324 e. The maximum absolute atomic E-state index is 12.0. The van der Waals surface area contributed by atoms with Gasteiger partial charge in [-0.3, -0.25) is 0 Å². The molecule has 1 aliphatic rings. The van der Waals surface area contributed by atoms with Gasteiger partial charge in [-0.2, -0.15) is 0 Å². The number of aryl methyl sites for hydroxylation is 1. The monoisotopic (exact) mass is 254 g/mol. The molecule has 3 N–H and O–H groups in total. The van der Waals surface area contributed by atoms with Crippen molar-refractivity contribution in [1.82, 2.24) is 4.72 Å². The molecule has 0 amide bonds. The van der Waals surface area contributed by atoms with Gasteiger partial charge in [0.05, 0.1) is 4.90 Å². The fourth-order valence-corrected chi connectivity index (χ4v) is 2.99. The smallest absolute Gasteiger partial charge is 0.240 e. The summed E-state index contributed by atoms with van der Waals surface area (Å²) < 4.78 is 26.5. The molecule has 0 aromatic heterocycles. The van der Waals surface area contributed by atoms with Crippen molar-refractivity contribution in [3.63, 3.8) is 0 Å². The van der Waals surface area contributed by atoms with Crippen molar-refractivity contribution in [3.05, 3.63) is 29.8 Å². The summed E-state index contributed by atoms with van der Waals surface area (Å²) in [5.41, 5.74) is 6.69. The SMILES string of the molecule is Cc1ccc(S(=O)(=O)NCC2(N)CCC2)cc1. The zero-order valence-corrected chi connectivity index (χ0v) is 10.8. The lowest BCUT2D eigenvalue weighted by molar-refractivity contribution is 0.251. The van der Waals surface area contributed by atoms with Crippen molar-refractivity contribution in [1.29, 1.82) is 0 Å². The number of benzene rings is 1. The summed E-state index contributed by atoms with van der Waals surface area (Å²) in [6.45, 7) is 2.25. The molecular formula is C12H18N2O2S. The maximum atomic E-state index is 12.0. The van der Waals surface area contributed by atoms with Crippen LogP contribution in [0.1, 0.15) is 24.8 Å². The molecule has 0 saturated heterocycles. The van der Waals surface area contributed by atoms with Gasteiger partial charge in [0.15, 0.2) is 0 Å². The molecule has 1 fully saturated rings. The first-order chi connectivity index (χ1) is 7.91. The van der Waals surface area contributed by atoms with E-state index >= 15 is 0 Å². The van der Waals surface area contributed by atoms with Gasteiger partial charge in [0.2, 0.25) is 10.0 Å². The van der Waals surface area contributed by atoms with Crippen molar-refractivity contribution < 1.29 is 8.42 Å². The normalized spacial score (nSPS) is 18.7. The van der Waals surface area contributed by atoms with Crippen molar-refractivity contribution in [2.75, 3.05) is 6.54 Å². The Kier molecular flexibility index (Phi) is 3.25. The molecular weight excluding hydrogens is 236 g/mol. The second-order valence-electron chi connectivity index (χ2n) is 4.85. The second kappa shape index (κ2) is 4.40. The van der Waals surface area contributed by atoms with Crippen molar-refractivity contribution in [2.45, 2.75) is 36.6 Å². The van der Waals surface area contributed by atoms with Gasteiger partial charge in [0.25, 0.3) is 0 Å². The van der Waals surface area contributed by atoms with Crippen LogP contribution in [0, 0.1) is 6.92 Å². The molecule has 5 heteroatoms. The molecule has 1 aromatic carbocycles. The molecule has 1 aliphatic carbocycles. The van der Waals surface area contributed by atoms with Crippen LogP contribution in [0.2, 0.25) is 0 Å². The number of sulfonamides is 1. The minimum atomic E-state index is -3.42. The standard InChI is InChI=1S/C12H18N2O2S/c1-10-3-5-11(6-4-10)17(15,16)14-9-12(13)7-2-8-12/h3-6,14H,2,7-9,13H2,1H3. The van der Waals surface area contributed by atoms with E-state index in [-0.39, 0.29) is 5.54 Å². The van der Waals surface area contributed by atoms with Crippen LogP contribution in [0.5, 0.6) is 0 Å². The molecule has 17 heavy (non-hydrogen) atoms. The van der Waals surface area contributed by atoms with Gasteiger partial charge >= 0.3 is 0 Å². The molecule has 0 unspecified atom stereocenters. The van der Waals surface area contributed by atoms with E-state index in [2.05, 4.69) is 4.72 Å². The summed E-state index contributed by atoms with van der Waals surface area (Å²) in [7, 11) is -3.42. The van der Waals surface area contributed by atoms with Crippen molar-refractivity contribution in [2.24, 2.45) is 5.73 Å². The van der Waals surface area contributed by atoms with Crippen LogP contribution in [0.25, 0.3) is 0 Å². The highest BCUT2D eigenvalue weighted by atomic mass is 32.2. The van der Waals surface area contributed by atoms with Crippen molar-refractivity contribution in [3.8, 4) is 0 Å². The van der Waals surface area contributed by atoms with Gasteiger partial charge in [-0.25, -0.2) is 13.1 Å². The Bertz CT molecular complexity index is 490. The lowest BCUT2D eigenvalue weighted by atomic mass is 9.78. The van der Waals surface area contributed by atoms with Gasteiger partial charge in [0, 0.05) is 12.1 Å². The highest BCUT2D eigenvalue weighted by Crippen LogP contribution is 2.28. The predicted molar refractivity (Wildman–Crippen MR) is 67.1 cm³/mol. The van der Waals surface area contributed by atoms with Gasteiger partial charge in [0.1, 0.15) is 0 Å². The fourth-order valence-electron chi connectivity index (χ4n) is 1.85. The van der Waals surface area contributed by atoms with Crippen LogP contribution in [-0.2, 0) is 10.0 Å². The molecule has 0 atom stereocenters. The molecule has 4 nitrogen and oxygen atoms in total. The van der Waals surface area contributed by atoms with E-state index in [1.54, 1.807) is 24.3 Å². The molecule has 0 bridgehead atoms. The predicted octanol–water partition coefficient (Wildman–Crippen LogP) is 1.15. The van der Waals surface area contributed by atoms with E-state index in [0.717, 1.165) is 24.8 Å². The summed E-state index contributed by atoms with van der Waals surface area (Å²) >= 11 is 0. The first-order valence-electron chi connectivity index (χ1n) is 5.77. The zero-order valence-electron chi connectivity index (χ0n) is 9.94. The number of hydrogen-bond acceptors (Lipinski definition) is 3. The lowest BCUT2D eigenvalue weighted by Gasteiger charge is -2.37. The van der Waals surface area contributed by atoms with Gasteiger partial charge < -0.3 is 5.73 Å². The molecule has 0 spiro atoms. The van der Waals surface area contributed by atoms with E-state index in [0.29, 0.717) is 11.4 Å². The van der Waals surface area contributed by atoms with Crippen LogP contribution < -0.4 is 10.5 Å². The van der Waals surface area contributed by atoms with E-state index in [1.807, 2.05) is 6.92 Å². The highest BCUT2D eigenvalue weighted by Gasteiger charge is 2.33. The van der Waals surface area contributed by atoms with Crippen LogP contribution >= 0.6 is 0 Å². The van der Waals surface area contributed by atoms with Crippen LogP contribution in [0.3, 0.4) is 0 Å². The average molecular weight is 254 g/mol. The first-order valence-corrected chi connectivity index (χ1v) is 7.25. The highest BCUT2D eigenvalue weighted by molar-refractivity contribution is 7.89. The Morgan fingerprint density at radius 3 is 2.35 bits per heavy atom. The Hall–Kier alpha value is -0.910. The van der Waals surface area contributed by atoms with Crippen molar-refractivity contribution >= 4 is 10.0 Å². The Morgan fingerprint density at radius 2 is 1.88 bits per heavy atom. The third kappa shape index (κ3) is 2.86. The Labute approximate surface area is 102 Å². The first kappa shape index (κ1) is 12.5. The summed E-state index contributed by atoms with van der Waals surface area (Å²) in [6, 6.07) is 6.80. The largest absolute Gasteiger partial charge is 0.324 e. The van der Waals surface area contributed by atoms with E-state index in [4.69, 9.17) is 5.73 Å². The quantitative estimate of drug-likeness (QED) is 0.846. The molecule has 1 aromatic rings. The third-order valence-corrected chi connectivity index (χ3v) is 4.71. The summed E-state index contributed by atoms with van der Waals surface area (Å²) in [6.07, 6.45) is 2.87. The van der Waals surface area contributed by atoms with Gasteiger partial charge in [-0.15, -0.1) is 0 Å². The summed E-state index contributed by atoms with van der Waals surface area (Å²) in [4.78, 5) is 0.297.